The maximum atomic E-state index is 12.9. The number of nitrogens with one attached hydrogen (secondary N) is 1. The van der Waals surface area contributed by atoms with Crippen molar-refractivity contribution in [3.8, 4) is 5.75 Å². The molecule has 6 heteroatoms. The molecule has 1 atom stereocenters. The lowest BCUT2D eigenvalue weighted by atomic mass is 10.1. The highest BCUT2D eigenvalue weighted by molar-refractivity contribution is 6.04. The van der Waals surface area contributed by atoms with Crippen molar-refractivity contribution in [1.82, 2.24) is 4.90 Å². The molecule has 0 spiro atoms. The van der Waals surface area contributed by atoms with Gasteiger partial charge in [0.15, 0.2) is 6.04 Å². The van der Waals surface area contributed by atoms with E-state index in [9.17, 15) is 9.59 Å². The summed E-state index contributed by atoms with van der Waals surface area (Å²) >= 11 is 0. The molecule has 29 heavy (non-hydrogen) atoms. The Balaban J connectivity index is 1.32. The number of methoxy groups -OCH3 is 1. The molecule has 2 fully saturated rings. The van der Waals surface area contributed by atoms with Crippen LogP contribution in [0.5, 0.6) is 5.75 Å². The second-order valence-electron chi connectivity index (χ2n) is 7.72. The molecule has 0 unspecified atom stereocenters. The number of hydrogen-bond acceptors (Lipinski definition) is 4. The maximum Gasteiger partial charge on any atom is 0.288 e. The van der Waals surface area contributed by atoms with Gasteiger partial charge in [0.25, 0.3) is 5.91 Å². The predicted molar refractivity (Wildman–Crippen MR) is 111 cm³/mol. The summed E-state index contributed by atoms with van der Waals surface area (Å²) in [5.41, 5.74) is 2.32. The van der Waals surface area contributed by atoms with Crippen molar-refractivity contribution in [3.05, 3.63) is 60.2 Å². The number of anilines is 1. The zero-order valence-corrected chi connectivity index (χ0v) is 16.8. The average molecular weight is 394 g/mol. The van der Waals surface area contributed by atoms with Crippen LogP contribution in [0.4, 0.5) is 5.69 Å². The SMILES string of the molecule is COc1ccc(CCN2C(=O)C[C@H]([NH+]3CCN(c4ccccc4)CC3)C2=O)cc1. The first-order valence-electron chi connectivity index (χ1n) is 10.3. The smallest absolute Gasteiger partial charge is 0.288 e. The number of para-hydroxylation sites is 1. The molecular weight excluding hydrogens is 366 g/mol. The van der Waals surface area contributed by atoms with Gasteiger partial charge in [0.05, 0.1) is 39.7 Å². The molecule has 0 aliphatic carbocycles. The van der Waals surface area contributed by atoms with Crippen LogP contribution < -0.4 is 14.5 Å². The molecular formula is C23H28N3O3+. The molecule has 2 aliphatic rings. The molecule has 0 aromatic heterocycles. The normalized spacial score (nSPS) is 20.4. The van der Waals surface area contributed by atoms with E-state index in [0.717, 1.165) is 37.5 Å². The average Bonchev–Trinajstić information content (AvgIpc) is 3.06. The number of hydrogen-bond donors (Lipinski definition) is 1. The van der Waals surface area contributed by atoms with E-state index in [-0.39, 0.29) is 17.9 Å². The van der Waals surface area contributed by atoms with Crippen LogP contribution in [0, 0.1) is 0 Å². The highest BCUT2D eigenvalue weighted by Gasteiger charge is 2.45. The van der Waals surface area contributed by atoms with Crippen LogP contribution >= 0.6 is 0 Å². The first kappa shape index (κ1) is 19.5. The summed E-state index contributed by atoms with van der Waals surface area (Å²) in [7, 11) is 1.64. The molecule has 1 N–H and O–H groups in total. The van der Waals surface area contributed by atoms with Gasteiger partial charge >= 0.3 is 0 Å². The topological polar surface area (TPSA) is 54.3 Å². The number of ether oxygens (including phenoxy) is 1. The van der Waals surface area contributed by atoms with Crippen LogP contribution in [0.3, 0.4) is 0 Å². The number of carbonyl (C=O) groups is 2. The number of likely N-dealkylation sites (tertiary alicyclic amines) is 1. The molecule has 4 rings (SSSR count). The lowest BCUT2D eigenvalue weighted by Crippen LogP contribution is -3.19. The largest absolute Gasteiger partial charge is 0.497 e. The van der Waals surface area contributed by atoms with E-state index in [0.29, 0.717) is 19.4 Å². The van der Waals surface area contributed by atoms with Gasteiger partial charge in [-0.3, -0.25) is 14.5 Å². The molecule has 0 bridgehead atoms. The van der Waals surface area contributed by atoms with Crippen LogP contribution in [-0.4, -0.2) is 62.6 Å². The minimum Gasteiger partial charge on any atom is -0.497 e. The van der Waals surface area contributed by atoms with Gasteiger partial charge in [-0.1, -0.05) is 30.3 Å². The van der Waals surface area contributed by atoms with Crippen molar-refractivity contribution in [1.29, 1.82) is 0 Å². The Bertz CT molecular complexity index is 845. The van der Waals surface area contributed by atoms with Crippen molar-refractivity contribution >= 4 is 17.5 Å². The Morgan fingerprint density at radius 1 is 1.00 bits per heavy atom. The minimum absolute atomic E-state index is 0.00771. The van der Waals surface area contributed by atoms with E-state index in [2.05, 4.69) is 29.2 Å². The summed E-state index contributed by atoms with van der Waals surface area (Å²) in [4.78, 5) is 30.5. The van der Waals surface area contributed by atoms with E-state index in [1.54, 1.807) is 7.11 Å². The Labute approximate surface area is 171 Å². The summed E-state index contributed by atoms with van der Waals surface area (Å²) < 4.78 is 5.17. The molecule has 2 aromatic carbocycles. The Morgan fingerprint density at radius 3 is 2.34 bits per heavy atom. The third-order valence-corrected chi connectivity index (χ3v) is 6.05. The van der Waals surface area contributed by atoms with E-state index < -0.39 is 0 Å². The van der Waals surface area contributed by atoms with Crippen LogP contribution in [-0.2, 0) is 16.0 Å². The van der Waals surface area contributed by atoms with Gasteiger partial charge in [-0.05, 0) is 36.2 Å². The van der Waals surface area contributed by atoms with Gasteiger partial charge in [0.1, 0.15) is 5.75 Å². The molecule has 0 saturated carbocycles. The number of rotatable bonds is 6. The molecule has 0 radical (unpaired) electrons. The number of benzene rings is 2. The monoisotopic (exact) mass is 394 g/mol. The molecule has 152 valence electrons. The number of carbonyl (C=O) groups excluding carboxylic acids is 2. The summed E-state index contributed by atoms with van der Waals surface area (Å²) in [6.07, 6.45) is 1.01. The maximum absolute atomic E-state index is 12.9. The van der Waals surface area contributed by atoms with Gasteiger partial charge in [0.2, 0.25) is 5.91 Å². The standard InChI is InChI=1S/C23H27N3O3/c1-29-20-9-7-18(8-10-20)11-12-26-22(27)17-21(23(26)28)25-15-13-24(14-16-25)19-5-3-2-4-6-19/h2-10,21H,11-17H2,1H3/p+1/t21-/m0/s1. The van der Waals surface area contributed by atoms with Gasteiger partial charge in [-0.15, -0.1) is 0 Å². The molecule has 6 nitrogen and oxygen atoms in total. The summed E-state index contributed by atoms with van der Waals surface area (Å²) in [5, 5.41) is 0. The molecule has 2 aromatic rings. The fraction of sp³-hybridized carbons (Fsp3) is 0.391. The van der Waals surface area contributed by atoms with E-state index in [4.69, 9.17) is 4.74 Å². The number of imide groups is 1. The fourth-order valence-electron chi connectivity index (χ4n) is 4.31. The number of amides is 2. The summed E-state index contributed by atoms with van der Waals surface area (Å²) in [5.74, 6) is 0.763. The third kappa shape index (κ3) is 4.27. The van der Waals surface area contributed by atoms with Crippen molar-refractivity contribution in [3.63, 3.8) is 0 Å². The van der Waals surface area contributed by atoms with Crippen LogP contribution in [0.1, 0.15) is 12.0 Å². The van der Waals surface area contributed by atoms with Crippen molar-refractivity contribution in [2.24, 2.45) is 0 Å². The summed E-state index contributed by atoms with van der Waals surface area (Å²) in [6, 6.07) is 17.9. The number of piperazine rings is 1. The number of quaternary nitrogens is 1. The minimum atomic E-state index is -0.226. The van der Waals surface area contributed by atoms with E-state index >= 15 is 0 Å². The van der Waals surface area contributed by atoms with Gasteiger partial charge in [0, 0.05) is 12.2 Å². The molecule has 2 saturated heterocycles. The molecule has 2 heterocycles. The van der Waals surface area contributed by atoms with Crippen LogP contribution in [0.15, 0.2) is 54.6 Å². The Hall–Kier alpha value is -2.86. The number of nitrogens with zero attached hydrogens (tertiary/aromatic N) is 2. The van der Waals surface area contributed by atoms with Gasteiger partial charge < -0.3 is 14.5 Å². The predicted octanol–water partition coefficient (Wildman–Crippen LogP) is 0.770. The van der Waals surface area contributed by atoms with E-state index in [1.807, 2.05) is 30.3 Å². The van der Waals surface area contributed by atoms with Crippen LogP contribution in [0.2, 0.25) is 0 Å². The molecule has 2 amide bonds. The lowest BCUT2D eigenvalue weighted by molar-refractivity contribution is -0.915. The quantitative estimate of drug-likeness (QED) is 0.736. The van der Waals surface area contributed by atoms with E-state index in [1.165, 1.54) is 15.5 Å². The first-order chi connectivity index (χ1) is 14.2. The highest BCUT2D eigenvalue weighted by Crippen LogP contribution is 2.16. The van der Waals surface area contributed by atoms with Crippen LogP contribution in [0.25, 0.3) is 0 Å². The fourth-order valence-corrected chi connectivity index (χ4v) is 4.31. The second-order valence-corrected chi connectivity index (χ2v) is 7.72. The van der Waals surface area contributed by atoms with Gasteiger partial charge in [-0.25, -0.2) is 0 Å². The zero-order valence-electron chi connectivity index (χ0n) is 16.8. The Kier molecular flexibility index (Phi) is 5.81. The van der Waals surface area contributed by atoms with Crippen molar-refractivity contribution in [2.45, 2.75) is 18.9 Å². The van der Waals surface area contributed by atoms with Gasteiger partial charge in [-0.2, -0.15) is 0 Å². The highest BCUT2D eigenvalue weighted by atomic mass is 16.5. The lowest BCUT2D eigenvalue weighted by Gasteiger charge is -2.35. The Morgan fingerprint density at radius 2 is 1.69 bits per heavy atom. The zero-order chi connectivity index (χ0) is 20.2. The third-order valence-electron chi connectivity index (χ3n) is 6.05. The molecule has 2 aliphatic heterocycles. The first-order valence-corrected chi connectivity index (χ1v) is 10.3. The van der Waals surface area contributed by atoms with Crippen molar-refractivity contribution < 1.29 is 19.2 Å². The second kappa shape index (κ2) is 8.66. The van der Waals surface area contributed by atoms with Crippen molar-refractivity contribution in [2.75, 3.05) is 44.7 Å². The summed E-state index contributed by atoms with van der Waals surface area (Å²) in [6.45, 7) is 4.02.